The SMILES string of the molecule is CC(=O)c1ccc(Nc2cc(Nc3cccc(F)c3)nc(C)n2)cc1. The average molecular weight is 336 g/mol. The maximum absolute atomic E-state index is 13.3. The van der Waals surface area contributed by atoms with E-state index in [1.54, 1.807) is 37.3 Å². The van der Waals surface area contributed by atoms with Gasteiger partial charge < -0.3 is 10.6 Å². The van der Waals surface area contributed by atoms with Crippen LogP contribution < -0.4 is 10.6 Å². The van der Waals surface area contributed by atoms with Crippen LogP contribution >= 0.6 is 0 Å². The molecule has 25 heavy (non-hydrogen) atoms. The number of ketones is 1. The van der Waals surface area contributed by atoms with Crippen molar-refractivity contribution in [1.29, 1.82) is 0 Å². The molecule has 3 rings (SSSR count). The van der Waals surface area contributed by atoms with E-state index in [1.807, 2.05) is 12.1 Å². The number of hydrogen-bond acceptors (Lipinski definition) is 5. The van der Waals surface area contributed by atoms with Gasteiger partial charge in [-0.05, 0) is 56.3 Å². The van der Waals surface area contributed by atoms with E-state index in [-0.39, 0.29) is 11.6 Å². The van der Waals surface area contributed by atoms with Gasteiger partial charge in [0, 0.05) is 23.0 Å². The molecule has 0 fully saturated rings. The van der Waals surface area contributed by atoms with E-state index in [1.165, 1.54) is 19.1 Å². The molecular formula is C19H17FN4O. The number of carbonyl (C=O) groups excluding carboxylic acids is 1. The standard InChI is InChI=1S/C19H17FN4O/c1-12(25)14-6-8-16(9-7-14)23-18-11-19(22-13(2)21-18)24-17-5-3-4-15(20)10-17/h3-11H,1-2H3,(H2,21,22,23,24). The van der Waals surface area contributed by atoms with Gasteiger partial charge in [-0.25, -0.2) is 14.4 Å². The predicted molar refractivity (Wildman–Crippen MR) is 96.2 cm³/mol. The third-order valence-electron chi connectivity index (χ3n) is 3.50. The van der Waals surface area contributed by atoms with E-state index in [2.05, 4.69) is 20.6 Å². The van der Waals surface area contributed by atoms with Crippen LogP contribution in [0.1, 0.15) is 23.1 Å². The Morgan fingerprint density at radius 1 is 0.920 bits per heavy atom. The molecule has 0 spiro atoms. The number of halogens is 1. The summed E-state index contributed by atoms with van der Waals surface area (Å²) in [4.78, 5) is 20.0. The van der Waals surface area contributed by atoms with Gasteiger partial charge in [-0.3, -0.25) is 4.79 Å². The number of Topliss-reactive ketones (excluding diaryl/α,β-unsaturated/α-hetero) is 1. The Morgan fingerprint density at radius 3 is 2.16 bits per heavy atom. The molecule has 2 aromatic carbocycles. The minimum absolute atomic E-state index is 0.0195. The zero-order valence-corrected chi connectivity index (χ0v) is 13.9. The number of rotatable bonds is 5. The fourth-order valence-electron chi connectivity index (χ4n) is 2.35. The molecule has 0 unspecified atom stereocenters. The Labute approximate surface area is 145 Å². The smallest absolute Gasteiger partial charge is 0.159 e. The molecule has 0 saturated carbocycles. The van der Waals surface area contributed by atoms with Crippen molar-refractivity contribution < 1.29 is 9.18 Å². The van der Waals surface area contributed by atoms with Crippen molar-refractivity contribution in [3.63, 3.8) is 0 Å². The Bertz CT molecular complexity index is 910. The number of hydrogen-bond donors (Lipinski definition) is 2. The molecule has 6 heteroatoms. The molecule has 0 amide bonds. The second kappa shape index (κ2) is 7.09. The van der Waals surface area contributed by atoms with Crippen LogP contribution in [-0.4, -0.2) is 15.8 Å². The van der Waals surface area contributed by atoms with Crippen LogP contribution in [0.25, 0.3) is 0 Å². The number of aryl methyl sites for hydroxylation is 1. The molecule has 3 aromatic rings. The van der Waals surface area contributed by atoms with Gasteiger partial charge in [0.15, 0.2) is 5.78 Å². The second-order valence-electron chi connectivity index (χ2n) is 5.58. The summed E-state index contributed by atoms with van der Waals surface area (Å²) in [5.41, 5.74) is 2.06. The maximum Gasteiger partial charge on any atom is 0.159 e. The summed E-state index contributed by atoms with van der Waals surface area (Å²) in [6.07, 6.45) is 0. The maximum atomic E-state index is 13.3. The highest BCUT2D eigenvalue weighted by Gasteiger charge is 2.05. The van der Waals surface area contributed by atoms with E-state index in [9.17, 15) is 9.18 Å². The zero-order valence-electron chi connectivity index (χ0n) is 13.9. The highest BCUT2D eigenvalue weighted by atomic mass is 19.1. The lowest BCUT2D eigenvalue weighted by molar-refractivity contribution is 0.101. The Morgan fingerprint density at radius 2 is 1.56 bits per heavy atom. The molecule has 0 aliphatic heterocycles. The first kappa shape index (κ1) is 16.6. The molecule has 0 aliphatic carbocycles. The summed E-state index contributed by atoms with van der Waals surface area (Å²) in [7, 11) is 0. The molecule has 0 atom stereocenters. The molecule has 1 heterocycles. The highest BCUT2D eigenvalue weighted by molar-refractivity contribution is 5.94. The molecule has 0 aliphatic rings. The minimum atomic E-state index is -0.320. The van der Waals surface area contributed by atoms with Gasteiger partial charge in [0.1, 0.15) is 23.3 Å². The van der Waals surface area contributed by atoms with E-state index in [0.717, 1.165) is 5.69 Å². The number of anilines is 4. The molecule has 5 nitrogen and oxygen atoms in total. The number of aromatic nitrogens is 2. The monoisotopic (exact) mass is 336 g/mol. The summed E-state index contributed by atoms with van der Waals surface area (Å²) in [6, 6.07) is 15.0. The van der Waals surface area contributed by atoms with E-state index in [4.69, 9.17) is 0 Å². The van der Waals surface area contributed by atoms with Crippen molar-refractivity contribution in [1.82, 2.24) is 9.97 Å². The lowest BCUT2D eigenvalue weighted by Crippen LogP contribution is -2.02. The molecule has 126 valence electrons. The van der Waals surface area contributed by atoms with Gasteiger partial charge in [-0.1, -0.05) is 6.07 Å². The van der Waals surface area contributed by atoms with Crippen LogP contribution in [0, 0.1) is 12.7 Å². The van der Waals surface area contributed by atoms with Crippen molar-refractivity contribution in [2.45, 2.75) is 13.8 Å². The number of nitrogens with one attached hydrogen (secondary N) is 2. The predicted octanol–water partition coefficient (Wildman–Crippen LogP) is 4.61. The van der Waals surface area contributed by atoms with Crippen LogP contribution in [-0.2, 0) is 0 Å². The Kier molecular flexibility index (Phi) is 4.70. The topological polar surface area (TPSA) is 66.9 Å². The average Bonchev–Trinajstić information content (AvgIpc) is 2.54. The molecule has 1 aromatic heterocycles. The van der Waals surface area contributed by atoms with Crippen LogP contribution in [0.2, 0.25) is 0 Å². The van der Waals surface area contributed by atoms with E-state index < -0.39 is 0 Å². The molecule has 0 bridgehead atoms. The quantitative estimate of drug-likeness (QED) is 0.666. The highest BCUT2D eigenvalue weighted by Crippen LogP contribution is 2.21. The summed E-state index contributed by atoms with van der Waals surface area (Å²) < 4.78 is 13.3. The van der Waals surface area contributed by atoms with Crippen LogP contribution in [0.5, 0.6) is 0 Å². The Balaban J connectivity index is 1.80. The second-order valence-corrected chi connectivity index (χ2v) is 5.58. The van der Waals surface area contributed by atoms with Crippen molar-refractivity contribution in [2.24, 2.45) is 0 Å². The fourth-order valence-corrected chi connectivity index (χ4v) is 2.35. The first-order valence-electron chi connectivity index (χ1n) is 7.76. The van der Waals surface area contributed by atoms with Gasteiger partial charge in [0.25, 0.3) is 0 Å². The minimum Gasteiger partial charge on any atom is -0.340 e. The molecule has 2 N–H and O–H groups in total. The first-order chi connectivity index (χ1) is 12.0. The van der Waals surface area contributed by atoms with Crippen molar-refractivity contribution >= 4 is 28.8 Å². The summed E-state index contributed by atoms with van der Waals surface area (Å²) in [5.74, 6) is 1.43. The molecule has 0 radical (unpaired) electrons. The van der Waals surface area contributed by atoms with Crippen molar-refractivity contribution in [3.8, 4) is 0 Å². The Hall–Kier alpha value is -3.28. The van der Waals surface area contributed by atoms with Crippen molar-refractivity contribution in [3.05, 3.63) is 71.8 Å². The van der Waals surface area contributed by atoms with Gasteiger partial charge >= 0.3 is 0 Å². The molecule has 0 saturated heterocycles. The van der Waals surface area contributed by atoms with Gasteiger partial charge in [-0.2, -0.15) is 0 Å². The van der Waals surface area contributed by atoms with E-state index in [0.29, 0.717) is 28.7 Å². The van der Waals surface area contributed by atoms with Crippen LogP contribution in [0.3, 0.4) is 0 Å². The summed E-state index contributed by atoms with van der Waals surface area (Å²) in [6.45, 7) is 3.31. The third-order valence-corrected chi connectivity index (χ3v) is 3.50. The van der Waals surface area contributed by atoms with Crippen LogP contribution in [0.15, 0.2) is 54.6 Å². The number of carbonyl (C=O) groups is 1. The molecular weight excluding hydrogens is 319 g/mol. The normalized spacial score (nSPS) is 10.4. The first-order valence-corrected chi connectivity index (χ1v) is 7.76. The summed E-state index contributed by atoms with van der Waals surface area (Å²) in [5, 5.41) is 6.23. The lowest BCUT2D eigenvalue weighted by Gasteiger charge is -2.10. The van der Waals surface area contributed by atoms with Crippen molar-refractivity contribution in [2.75, 3.05) is 10.6 Å². The zero-order chi connectivity index (χ0) is 17.8. The number of nitrogens with zero attached hydrogens (tertiary/aromatic N) is 2. The lowest BCUT2D eigenvalue weighted by atomic mass is 10.1. The third kappa shape index (κ3) is 4.38. The fraction of sp³-hybridized carbons (Fsp3) is 0.105. The van der Waals surface area contributed by atoms with Gasteiger partial charge in [0.2, 0.25) is 0 Å². The largest absolute Gasteiger partial charge is 0.340 e. The number of benzene rings is 2. The summed E-state index contributed by atoms with van der Waals surface area (Å²) >= 11 is 0. The van der Waals surface area contributed by atoms with Gasteiger partial charge in [0.05, 0.1) is 0 Å². The van der Waals surface area contributed by atoms with Gasteiger partial charge in [-0.15, -0.1) is 0 Å². The van der Waals surface area contributed by atoms with E-state index >= 15 is 0 Å². The van der Waals surface area contributed by atoms with Crippen LogP contribution in [0.4, 0.5) is 27.4 Å².